The number of anilines is 1. The summed E-state index contributed by atoms with van der Waals surface area (Å²) in [6, 6.07) is 6.52. The van der Waals surface area contributed by atoms with Gasteiger partial charge in [-0.25, -0.2) is 4.39 Å². The van der Waals surface area contributed by atoms with E-state index >= 15 is 0 Å². The summed E-state index contributed by atoms with van der Waals surface area (Å²) < 4.78 is 13.0. The highest BCUT2D eigenvalue weighted by molar-refractivity contribution is 5.53. The maximum Gasteiger partial charge on any atom is 0.123 e. The molecule has 0 aromatic heterocycles. The Balaban J connectivity index is 2.99. The average Bonchev–Trinajstić information content (AvgIpc) is 2.35. The summed E-state index contributed by atoms with van der Waals surface area (Å²) in [5.41, 5.74) is 1.34. The van der Waals surface area contributed by atoms with Crippen LogP contribution in [0.5, 0.6) is 0 Å². The third-order valence-electron chi connectivity index (χ3n) is 2.65. The zero-order valence-electron chi connectivity index (χ0n) is 10.2. The van der Waals surface area contributed by atoms with E-state index in [0.717, 1.165) is 5.69 Å². The fraction of sp³-hybridized carbons (Fsp3) is 0.462. The molecule has 1 unspecified atom stereocenters. The molecule has 0 amide bonds. The summed E-state index contributed by atoms with van der Waals surface area (Å²) in [6.45, 7) is 4.89. The van der Waals surface area contributed by atoms with Gasteiger partial charge in [-0.2, -0.15) is 5.26 Å². The predicted molar refractivity (Wildman–Crippen MR) is 65.0 cm³/mol. The van der Waals surface area contributed by atoms with Crippen molar-refractivity contribution in [3.8, 4) is 6.07 Å². The van der Waals surface area contributed by atoms with Gasteiger partial charge < -0.3 is 10.0 Å². The first kappa shape index (κ1) is 13.5. The second-order valence-corrected chi connectivity index (χ2v) is 4.00. The maximum absolute atomic E-state index is 13.0. The smallest absolute Gasteiger partial charge is 0.123 e. The molecule has 92 valence electrons. The molecule has 1 atom stereocenters. The van der Waals surface area contributed by atoms with Crippen LogP contribution in [0, 0.1) is 23.1 Å². The summed E-state index contributed by atoms with van der Waals surface area (Å²) >= 11 is 0. The van der Waals surface area contributed by atoms with Gasteiger partial charge in [0.15, 0.2) is 0 Å². The van der Waals surface area contributed by atoms with Gasteiger partial charge in [-0.1, -0.05) is 0 Å². The lowest BCUT2D eigenvalue weighted by Crippen LogP contribution is -2.28. The van der Waals surface area contributed by atoms with Crippen molar-refractivity contribution in [2.24, 2.45) is 5.92 Å². The predicted octanol–water partition coefficient (Wildman–Crippen LogP) is 2.30. The van der Waals surface area contributed by atoms with E-state index in [4.69, 9.17) is 5.26 Å². The average molecular weight is 236 g/mol. The van der Waals surface area contributed by atoms with Crippen LogP contribution in [0.3, 0.4) is 0 Å². The molecule has 17 heavy (non-hydrogen) atoms. The van der Waals surface area contributed by atoms with Gasteiger partial charge in [0, 0.05) is 24.3 Å². The molecule has 0 aliphatic rings. The van der Waals surface area contributed by atoms with Crippen molar-refractivity contribution in [1.29, 1.82) is 5.26 Å². The van der Waals surface area contributed by atoms with Crippen LogP contribution in [-0.4, -0.2) is 18.2 Å². The minimum atomic E-state index is -0.359. The Morgan fingerprint density at radius 1 is 1.53 bits per heavy atom. The normalized spacial score (nSPS) is 11.9. The van der Waals surface area contributed by atoms with E-state index in [1.807, 2.05) is 18.7 Å². The molecule has 0 aliphatic carbocycles. The molecule has 0 fully saturated rings. The van der Waals surface area contributed by atoms with Gasteiger partial charge in [-0.15, -0.1) is 0 Å². The number of rotatable bonds is 5. The lowest BCUT2D eigenvalue weighted by molar-refractivity contribution is 0.281. The largest absolute Gasteiger partial charge is 0.392 e. The number of benzene rings is 1. The Labute approximate surface area is 101 Å². The summed E-state index contributed by atoms with van der Waals surface area (Å²) in [6.07, 6.45) is 0. The highest BCUT2D eigenvalue weighted by Crippen LogP contribution is 2.22. The molecule has 0 heterocycles. The zero-order chi connectivity index (χ0) is 12.8. The SMILES string of the molecule is CCN(CC(C)C#N)c1ccc(F)cc1CO. The highest BCUT2D eigenvalue weighted by Gasteiger charge is 2.13. The number of hydrogen-bond donors (Lipinski definition) is 1. The van der Waals surface area contributed by atoms with E-state index in [1.165, 1.54) is 12.1 Å². The summed E-state index contributed by atoms with van der Waals surface area (Å²) in [7, 11) is 0. The van der Waals surface area contributed by atoms with Gasteiger partial charge in [0.05, 0.1) is 18.6 Å². The molecule has 1 rings (SSSR count). The standard InChI is InChI=1S/C13H17FN2O/c1-3-16(8-10(2)7-15)13-5-4-12(14)6-11(13)9-17/h4-6,10,17H,3,8-9H2,1-2H3. The van der Waals surface area contributed by atoms with Crippen molar-refractivity contribution in [1.82, 2.24) is 0 Å². The van der Waals surface area contributed by atoms with E-state index in [0.29, 0.717) is 18.7 Å². The van der Waals surface area contributed by atoms with Gasteiger partial charge in [-0.3, -0.25) is 0 Å². The van der Waals surface area contributed by atoms with Crippen LogP contribution < -0.4 is 4.90 Å². The van der Waals surface area contributed by atoms with E-state index in [9.17, 15) is 9.50 Å². The molecule has 4 heteroatoms. The Morgan fingerprint density at radius 2 is 2.24 bits per heavy atom. The Hall–Kier alpha value is -1.60. The number of halogens is 1. The molecule has 0 radical (unpaired) electrons. The van der Waals surface area contributed by atoms with Gasteiger partial charge in [-0.05, 0) is 32.0 Å². The summed E-state index contributed by atoms with van der Waals surface area (Å²) in [5.74, 6) is -0.464. The summed E-state index contributed by atoms with van der Waals surface area (Å²) in [5, 5.41) is 18.0. The molecule has 0 bridgehead atoms. The number of aliphatic hydroxyl groups is 1. The van der Waals surface area contributed by atoms with Crippen molar-refractivity contribution in [2.45, 2.75) is 20.5 Å². The third kappa shape index (κ3) is 3.43. The number of hydrogen-bond acceptors (Lipinski definition) is 3. The minimum Gasteiger partial charge on any atom is -0.392 e. The van der Waals surface area contributed by atoms with Gasteiger partial charge in [0.1, 0.15) is 5.82 Å². The van der Waals surface area contributed by atoms with Crippen molar-refractivity contribution in [2.75, 3.05) is 18.0 Å². The lowest BCUT2D eigenvalue weighted by Gasteiger charge is -2.26. The second kappa shape index (κ2) is 6.21. The van der Waals surface area contributed by atoms with Crippen LogP contribution in [0.2, 0.25) is 0 Å². The van der Waals surface area contributed by atoms with Crippen LogP contribution in [0.1, 0.15) is 19.4 Å². The van der Waals surface area contributed by atoms with Crippen molar-refractivity contribution in [3.63, 3.8) is 0 Å². The molecule has 0 spiro atoms. The van der Waals surface area contributed by atoms with Crippen LogP contribution in [0.4, 0.5) is 10.1 Å². The van der Waals surface area contributed by atoms with E-state index in [-0.39, 0.29) is 18.3 Å². The fourth-order valence-electron chi connectivity index (χ4n) is 1.76. The highest BCUT2D eigenvalue weighted by atomic mass is 19.1. The van der Waals surface area contributed by atoms with E-state index in [2.05, 4.69) is 6.07 Å². The molecule has 1 aromatic carbocycles. The molecular weight excluding hydrogens is 219 g/mol. The molecule has 1 N–H and O–H groups in total. The van der Waals surface area contributed by atoms with Gasteiger partial charge in [0.2, 0.25) is 0 Å². The van der Waals surface area contributed by atoms with Gasteiger partial charge >= 0.3 is 0 Å². The molecular formula is C13H17FN2O. The van der Waals surface area contributed by atoms with Crippen LogP contribution >= 0.6 is 0 Å². The fourth-order valence-corrected chi connectivity index (χ4v) is 1.76. The van der Waals surface area contributed by atoms with Crippen molar-refractivity contribution < 1.29 is 9.50 Å². The topological polar surface area (TPSA) is 47.3 Å². The Bertz CT molecular complexity index is 414. The first-order valence-corrected chi connectivity index (χ1v) is 5.66. The molecule has 1 aromatic rings. The van der Waals surface area contributed by atoms with Crippen molar-refractivity contribution >= 4 is 5.69 Å². The maximum atomic E-state index is 13.0. The van der Waals surface area contributed by atoms with E-state index < -0.39 is 0 Å². The number of aliphatic hydroxyl groups excluding tert-OH is 1. The summed E-state index contributed by atoms with van der Waals surface area (Å²) in [4.78, 5) is 1.97. The number of nitrogens with zero attached hydrogens (tertiary/aromatic N) is 2. The zero-order valence-corrected chi connectivity index (χ0v) is 10.2. The van der Waals surface area contributed by atoms with Crippen molar-refractivity contribution in [3.05, 3.63) is 29.6 Å². The monoisotopic (exact) mass is 236 g/mol. The first-order valence-electron chi connectivity index (χ1n) is 5.66. The van der Waals surface area contributed by atoms with Crippen LogP contribution in [0.25, 0.3) is 0 Å². The quantitative estimate of drug-likeness (QED) is 0.853. The van der Waals surface area contributed by atoms with E-state index in [1.54, 1.807) is 6.07 Å². The second-order valence-electron chi connectivity index (χ2n) is 4.00. The number of nitriles is 1. The molecule has 0 saturated carbocycles. The molecule has 3 nitrogen and oxygen atoms in total. The van der Waals surface area contributed by atoms with Crippen LogP contribution in [-0.2, 0) is 6.61 Å². The third-order valence-corrected chi connectivity index (χ3v) is 2.65. The first-order chi connectivity index (χ1) is 8.12. The lowest BCUT2D eigenvalue weighted by atomic mass is 10.1. The molecule has 0 saturated heterocycles. The Morgan fingerprint density at radius 3 is 2.76 bits per heavy atom. The molecule has 0 aliphatic heterocycles. The minimum absolute atomic E-state index is 0.105. The van der Waals surface area contributed by atoms with Gasteiger partial charge in [0.25, 0.3) is 0 Å². The Kier molecular flexibility index (Phi) is 4.92. The van der Waals surface area contributed by atoms with Crippen LogP contribution in [0.15, 0.2) is 18.2 Å².